The predicted octanol–water partition coefficient (Wildman–Crippen LogP) is 5.50. The molecule has 27 heavy (non-hydrogen) atoms. The van der Waals surface area contributed by atoms with Crippen LogP contribution in [0.1, 0.15) is 30.0 Å². The molecule has 3 aromatic carbocycles. The molecule has 134 valence electrons. The highest BCUT2D eigenvalue weighted by Gasteiger charge is 2.21. The van der Waals surface area contributed by atoms with Gasteiger partial charge in [-0.2, -0.15) is 0 Å². The first kappa shape index (κ1) is 17.0. The molecule has 0 aliphatic heterocycles. The van der Waals surface area contributed by atoms with Gasteiger partial charge in [-0.05, 0) is 41.8 Å². The molecule has 0 saturated carbocycles. The molecular weight excluding hydrogens is 334 g/mol. The van der Waals surface area contributed by atoms with Crippen LogP contribution in [0, 0.1) is 0 Å². The molecule has 1 aromatic heterocycles. The van der Waals surface area contributed by atoms with Crippen molar-refractivity contribution in [2.45, 2.75) is 19.4 Å². The summed E-state index contributed by atoms with van der Waals surface area (Å²) in [6, 6.07) is 28.2. The van der Waals surface area contributed by atoms with E-state index < -0.39 is 0 Å². The average Bonchev–Trinajstić information content (AvgIpc) is 3.23. The molecule has 0 radical (unpaired) electrons. The summed E-state index contributed by atoms with van der Waals surface area (Å²) in [4.78, 5) is 0. The Morgan fingerprint density at radius 3 is 2.33 bits per heavy atom. The third-order valence-corrected chi connectivity index (χ3v) is 4.49. The summed E-state index contributed by atoms with van der Waals surface area (Å²) in [6.45, 7) is 2.15. The standard InChI is InChI=1S/C23H21N3O/c1-2-17-10-9-15-20(16-17)24-21(18-11-5-3-6-12-18)23-26-25-22(27-23)19-13-7-4-8-14-19/h3-16,21,24H,2H2,1H3/t21-/m1/s1. The first-order chi connectivity index (χ1) is 13.3. The number of benzene rings is 3. The van der Waals surface area contributed by atoms with Crippen LogP contribution in [0.5, 0.6) is 0 Å². The summed E-state index contributed by atoms with van der Waals surface area (Å²) in [5, 5.41) is 12.1. The third kappa shape index (κ3) is 3.90. The second-order valence-corrected chi connectivity index (χ2v) is 6.35. The highest BCUT2D eigenvalue weighted by molar-refractivity contribution is 5.53. The highest BCUT2D eigenvalue weighted by Crippen LogP contribution is 2.28. The monoisotopic (exact) mass is 355 g/mol. The maximum absolute atomic E-state index is 6.03. The summed E-state index contributed by atoms with van der Waals surface area (Å²) < 4.78 is 6.03. The van der Waals surface area contributed by atoms with Crippen molar-refractivity contribution in [2.75, 3.05) is 5.32 Å². The number of hydrogen-bond donors (Lipinski definition) is 1. The minimum Gasteiger partial charge on any atom is -0.418 e. The lowest BCUT2D eigenvalue weighted by Gasteiger charge is -2.17. The van der Waals surface area contributed by atoms with Gasteiger partial charge in [-0.3, -0.25) is 0 Å². The van der Waals surface area contributed by atoms with E-state index >= 15 is 0 Å². The van der Waals surface area contributed by atoms with Crippen molar-refractivity contribution in [3.8, 4) is 11.5 Å². The van der Waals surface area contributed by atoms with Crippen molar-refractivity contribution >= 4 is 5.69 Å². The average molecular weight is 355 g/mol. The van der Waals surface area contributed by atoms with Crippen LogP contribution in [0.4, 0.5) is 5.69 Å². The van der Waals surface area contributed by atoms with Crippen molar-refractivity contribution in [2.24, 2.45) is 0 Å². The zero-order chi connectivity index (χ0) is 18.5. The maximum atomic E-state index is 6.03. The van der Waals surface area contributed by atoms with Crippen LogP contribution in [0.15, 0.2) is 89.3 Å². The number of anilines is 1. The van der Waals surface area contributed by atoms with E-state index in [1.54, 1.807) is 0 Å². The van der Waals surface area contributed by atoms with Gasteiger partial charge in [0.15, 0.2) is 0 Å². The lowest BCUT2D eigenvalue weighted by molar-refractivity contribution is 0.494. The molecule has 4 rings (SSSR count). The molecule has 0 aliphatic carbocycles. The Morgan fingerprint density at radius 2 is 1.59 bits per heavy atom. The lowest BCUT2D eigenvalue weighted by Crippen LogP contribution is -2.13. The van der Waals surface area contributed by atoms with Crippen molar-refractivity contribution in [3.63, 3.8) is 0 Å². The van der Waals surface area contributed by atoms with Crippen molar-refractivity contribution < 1.29 is 4.42 Å². The van der Waals surface area contributed by atoms with E-state index in [9.17, 15) is 0 Å². The second-order valence-electron chi connectivity index (χ2n) is 6.35. The van der Waals surface area contributed by atoms with Crippen LogP contribution in [-0.4, -0.2) is 10.2 Å². The Morgan fingerprint density at radius 1 is 0.852 bits per heavy atom. The van der Waals surface area contributed by atoms with Crippen LogP contribution in [0.2, 0.25) is 0 Å². The molecule has 0 aliphatic rings. The van der Waals surface area contributed by atoms with E-state index in [1.807, 2.05) is 48.5 Å². The van der Waals surface area contributed by atoms with Gasteiger partial charge >= 0.3 is 0 Å². The van der Waals surface area contributed by atoms with E-state index in [4.69, 9.17) is 4.42 Å². The minimum absolute atomic E-state index is 0.219. The molecule has 0 unspecified atom stereocenters. The Hall–Kier alpha value is -3.40. The van der Waals surface area contributed by atoms with E-state index in [2.05, 4.69) is 58.8 Å². The molecule has 1 N–H and O–H groups in total. The molecule has 0 amide bonds. The topological polar surface area (TPSA) is 51.0 Å². The van der Waals surface area contributed by atoms with E-state index in [0.717, 1.165) is 23.2 Å². The van der Waals surface area contributed by atoms with Gasteiger partial charge in [0.2, 0.25) is 11.8 Å². The SMILES string of the molecule is CCc1cccc(N[C@H](c2ccccc2)c2nnc(-c3ccccc3)o2)c1. The molecule has 0 fully saturated rings. The summed E-state index contributed by atoms with van der Waals surface area (Å²) in [7, 11) is 0. The zero-order valence-electron chi connectivity index (χ0n) is 15.2. The molecule has 1 atom stereocenters. The first-order valence-corrected chi connectivity index (χ1v) is 9.12. The van der Waals surface area contributed by atoms with Crippen LogP contribution < -0.4 is 5.32 Å². The number of aryl methyl sites for hydroxylation is 1. The van der Waals surface area contributed by atoms with Gasteiger partial charge in [-0.15, -0.1) is 10.2 Å². The molecule has 0 saturated heterocycles. The van der Waals surface area contributed by atoms with Crippen molar-refractivity contribution in [1.82, 2.24) is 10.2 Å². The van der Waals surface area contributed by atoms with Crippen LogP contribution in [-0.2, 0) is 6.42 Å². The Balaban J connectivity index is 1.69. The van der Waals surface area contributed by atoms with Gasteiger partial charge < -0.3 is 9.73 Å². The number of hydrogen-bond acceptors (Lipinski definition) is 4. The largest absolute Gasteiger partial charge is 0.418 e. The smallest absolute Gasteiger partial charge is 0.247 e. The van der Waals surface area contributed by atoms with Gasteiger partial charge in [0.05, 0.1) is 0 Å². The van der Waals surface area contributed by atoms with Crippen LogP contribution in [0.25, 0.3) is 11.5 Å². The molecule has 4 heteroatoms. The molecule has 1 heterocycles. The fourth-order valence-corrected chi connectivity index (χ4v) is 3.03. The van der Waals surface area contributed by atoms with Crippen LogP contribution >= 0.6 is 0 Å². The quantitative estimate of drug-likeness (QED) is 0.496. The highest BCUT2D eigenvalue weighted by atomic mass is 16.4. The molecule has 4 nitrogen and oxygen atoms in total. The van der Waals surface area contributed by atoms with Gasteiger partial charge in [-0.25, -0.2) is 0 Å². The number of nitrogens with zero attached hydrogens (tertiary/aromatic N) is 2. The number of rotatable bonds is 6. The van der Waals surface area contributed by atoms with Crippen LogP contribution in [0.3, 0.4) is 0 Å². The van der Waals surface area contributed by atoms with E-state index in [-0.39, 0.29) is 6.04 Å². The van der Waals surface area contributed by atoms with Gasteiger partial charge in [-0.1, -0.05) is 67.6 Å². The second kappa shape index (κ2) is 7.87. The summed E-state index contributed by atoms with van der Waals surface area (Å²) in [5.41, 5.74) is 4.30. The van der Waals surface area contributed by atoms with Crippen molar-refractivity contribution in [3.05, 3.63) is 102 Å². The summed E-state index contributed by atoms with van der Waals surface area (Å²) in [5.74, 6) is 1.07. The Kier molecular flexibility index (Phi) is 4.97. The number of aromatic nitrogens is 2. The van der Waals surface area contributed by atoms with Gasteiger partial charge in [0.25, 0.3) is 0 Å². The predicted molar refractivity (Wildman–Crippen MR) is 107 cm³/mol. The minimum atomic E-state index is -0.219. The Bertz CT molecular complexity index is 996. The summed E-state index contributed by atoms with van der Waals surface area (Å²) in [6.07, 6.45) is 0.990. The molecule has 0 bridgehead atoms. The fourth-order valence-electron chi connectivity index (χ4n) is 3.03. The molecular formula is C23H21N3O. The fraction of sp³-hybridized carbons (Fsp3) is 0.130. The lowest BCUT2D eigenvalue weighted by atomic mass is 10.1. The first-order valence-electron chi connectivity index (χ1n) is 9.12. The number of nitrogens with one attached hydrogen (secondary N) is 1. The normalized spacial score (nSPS) is 11.9. The van der Waals surface area contributed by atoms with Gasteiger partial charge in [0, 0.05) is 11.3 Å². The molecule has 4 aromatic rings. The molecule has 0 spiro atoms. The van der Waals surface area contributed by atoms with Crippen molar-refractivity contribution in [1.29, 1.82) is 0 Å². The zero-order valence-corrected chi connectivity index (χ0v) is 15.2. The maximum Gasteiger partial charge on any atom is 0.247 e. The third-order valence-electron chi connectivity index (χ3n) is 4.49. The summed E-state index contributed by atoms with van der Waals surface area (Å²) >= 11 is 0. The Labute approximate surface area is 158 Å². The van der Waals surface area contributed by atoms with Gasteiger partial charge in [0.1, 0.15) is 6.04 Å². The van der Waals surface area contributed by atoms with E-state index in [0.29, 0.717) is 11.8 Å². The van der Waals surface area contributed by atoms with E-state index in [1.165, 1.54) is 5.56 Å².